The fraction of sp³-hybridized carbons (Fsp3) is 1.00. The first-order chi connectivity index (χ1) is 7.50. The fourth-order valence-electron chi connectivity index (χ4n) is 4.84. The van der Waals surface area contributed by atoms with E-state index in [2.05, 4.69) is 20.8 Å². The van der Waals surface area contributed by atoms with E-state index in [1.807, 2.05) is 0 Å². The van der Waals surface area contributed by atoms with E-state index in [1.165, 1.54) is 25.7 Å². The second-order valence-corrected chi connectivity index (χ2v) is 6.80. The Morgan fingerprint density at radius 1 is 0.938 bits per heavy atom. The molecule has 2 nitrogen and oxygen atoms in total. The summed E-state index contributed by atoms with van der Waals surface area (Å²) in [4.78, 5) is 0. The smallest absolute Gasteiger partial charge is 0.174 e. The molecule has 0 N–H and O–H groups in total. The third-order valence-electron chi connectivity index (χ3n) is 5.62. The van der Waals surface area contributed by atoms with E-state index in [4.69, 9.17) is 9.47 Å². The summed E-state index contributed by atoms with van der Waals surface area (Å²) >= 11 is 0. The van der Waals surface area contributed by atoms with Gasteiger partial charge < -0.3 is 9.47 Å². The van der Waals surface area contributed by atoms with Crippen molar-refractivity contribution in [2.45, 2.75) is 58.7 Å². The Morgan fingerprint density at radius 3 is 2.31 bits per heavy atom. The number of rotatable bonds is 0. The van der Waals surface area contributed by atoms with Crippen molar-refractivity contribution in [2.24, 2.45) is 16.7 Å². The summed E-state index contributed by atoms with van der Waals surface area (Å²) < 4.78 is 12.1. The van der Waals surface area contributed by atoms with Crippen molar-refractivity contribution in [1.82, 2.24) is 0 Å². The molecule has 0 amide bonds. The highest BCUT2D eigenvalue weighted by atomic mass is 16.7. The van der Waals surface area contributed by atoms with Gasteiger partial charge in [-0.3, -0.25) is 0 Å². The molecular weight excluding hydrogens is 200 g/mol. The summed E-state index contributed by atoms with van der Waals surface area (Å²) in [5.41, 5.74) is 0.719. The topological polar surface area (TPSA) is 18.5 Å². The predicted octanol–water partition coefficient (Wildman–Crippen LogP) is 3.36. The molecule has 0 unspecified atom stereocenters. The Bertz CT molecular complexity index is 291. The number of ether oxygens (including phenoxy) is 2. The summed E-state index contributed by atoms with van der Waals surface area (Å²) in [7, 11) is 0. The molecule has 3 aliphatic rings. The minimum atomic E-state index is -0.227. The molecule has 3 fully saturated rings. The van der Waals surface area contributed by atoms with Gasteiger partial charge in [-0.25, -0.2) is 0 Å². The van der Waals surface area contributed by atoms with Gasteiger partial charge in [0, 0.05) is 11.8 Å². The SMILES string of the molecule is CC1(C)CCC[C@]2(C)[C@H]1CCC21OCCO1. The molecule has 16 heavy (non-hydrogen) atoms. The highest BCUT2D eigenvalue weighted by Crippen LogP contribution is 2.65. The van der Waals surface area contributed by atoms with Crippen molar-refractivity contribution in [1.29, 1.82) is 0 Å². The average Bonchev–Trinajstić information content (AvgIpc) is 2.75. The third kappa shape index (κ3) is 1.20. The average molecular weight is 224 g/mol. The highest BCUT2D eigenvalue weighted by Gasteiger charge is 2.64. The van der Waals surface area contributed by atoms with Crippen molar-refractivity contribution in [3.8, 4) is 0 Å². The van der Waals surface area contributed by atoms with Crippen LogP contribution in [0.3, 0.4) is 0 Å². The first-order valence-corrected chi connectivity index (χ1v) is 6.78. The summed E-state index contributed by atoms with van der Waals surface area (Å²) in [6, 6.07) is 0. The van der Waals surface area contributed by atoms with Crippen LogP contribution in [0, 0.1) is 16.7 Å². The van der Waals surface area contributed by atoms with Crippen LogP contribution in [0.5, 0.6) is 0 Å². The van der Waals surface area contributed by atoms with Gasteiger partial charge in [0.25, 0.3) is 0 Å². The molecule has 3 rings (SSSR count). The van der Waals surface area contributed by atoms with E-state index in [0.717, 1.165) is 25.6 Å². The molecule has 2 saturated carbocycles. The fourth-order valence-corrected chi connectivity index (χ4v) is 4.84. The third-order valence-corrected chi connectivity index (χ3v) is 5.62. The Kier molecular flexibility index (Phi) is 2.23. The van der Waals surface area contributed by atoms with Gasteiger partial charge in [-0.15, -0.1) is 0 Å². The Morgan fingerprint density at radius 2 is 1.62 bits per heavy atom. The largest absolute Gasteiger partial charge is 0.347 e. The summed E-state index contributed by atoms with van der Waals surface area (Å²) in [6.07, 6.45) is 6.36. The molecule has 92 valence electrons. The molecule has 0 bridgehead atoms. The number of hydrogen-bond acceptors (Lipinski definition) is 2. The van der Waals surface area contributed by atoms with E-state index in [9.17, 15) is 0 Å². The highest BCUT2D eigenvalue weighted by molar-refractivity contribution is 5.09. The number of hydrogen-bond donors (Lipinski definition) is 0. The normalized spacial score (nSPS) is 44.8. The van der Waals surface area contributed by atoms with Gasteiger partial charge >= 0.3 is 0 Å². The molecule has 0 aromatic heterocycles. The molecule has 1 aliphatic heterocycles. The van der Waals surface area contributed by atoms with Crippen LogP contribution in [0.25, 0.3) is 0 Å². The van der Waals surface area contributed by atoms with E-state index >= 15 is 0 Å². The molecule has 1 saturated heterocycles. The van der Waals surface area contributed by atoms with Gasteiger partial charge in [0.2, 0.25) is 0 Å². The van der Waals surface area contributed by atoms with E-state index in [1.54, 1.807) is 0 Å². The van der Waals surface area contributed by atoms with Crippen LogP contribution in [0.2, 0.25) is 0 Å². The number of fused-ring (bicyclic) bond motifs is 2. The quantitative estimate of drug-likeness (QED) is 0.628. The van der Waals surface area contributed by atoms with E-state index < -0.39 is 0 Å². The summed E-state index contributed by atoms with van der Waals surface area (Å²) in [5, 5.41) is 0. The molecule has 1 spiro atoms. The molecule has 0 aromatic rings. The molecule has 0 radical (unpaired) electrons. The molecule has 2 heteroatoms. The predicted molar refractivity (Wildman–Crippen MR) is 63.1 cm³/mol. The van der Waals surface area contributed by atoms with Crippen LogP contribution in [0.15, 0.2) is 0 Å². The zero-order chi connectivity index (χ0) is 11.4. The van der Waals surface area contributed by atoms with Gasteiger partial charge in [0.15, 0.2) is 5.79 Å². The Balaban J connectivity index is 1.98. The van der Waals surface area contributed by atoms with Gasteiger partial charge in [0.05, 0.1) is 13.2 Å². The lowest BCUT2D eigenvalue weighted by molar-refractivity contribution is -0.240. The molecule has 2 aliphatic carbocycles. The summed E-state index contributed by atoms with van der Waals surface area (Å²) in [5.74, 6) is 0.543. The van der Waals surface area contributed by atoms with E-state index in [-0.39, 0.29) is 11.2 Å². The monoisotopic (exact) mass is 224 g/mol. The maximum Gasteiger partial charge on any atom is 0.174 e. The maximum atomic E-state index is 6.04. The van der Waals surface area contributed by atoms with Crippen LogP contribution >= 0.6 is 0 Å². The van der Waals surface area contributed by atoms with Crippen LogP contribution in [-0.2, 0) is 9.47 Å². The second-order valence-electron chi connectivity index (χ2n) is 6.80. The standard InChI is InChI=1S/C14H24O2/c1-12(2)6-4-7-13(3)11(12)5-8-14(13)15-9-10-16-14/h11H,4-10H2,1-3H3/t11-,13+/m0/s1. The zero-order valence-corrected chi connectivity index (χ0v) is 10.8. The van der Waals surface area contributed by atoms with Crippen LogP contribution in [0.4, 0.5) is 0 Å². The lowest BCUT2D eigenvalue weighted by Gasteiger charge is -2.51. The van der Waals surface area contributed by atoms with Crippen LogP contribution < -0.4 is 0 Å². The van der Waals surface area contributed by atoms with Gasteiger partial charge in [0.1, 0.15) is 0 Å². The maximum absolute atomic E-state index is 6.04. The van der Waals surface area contributed by atoms with Crippen molar-refractivity contribution in [2.75, 3.05) is 13.2 Å². The minimum Gasteiger partial charge on any atom is -0.347 e. The van der Waals surface area contributed by atoms with E-state index in [0.29, 0.717) is 5.41 Å². The first kappa shape index (κ1) is 11.0. The first-order valence-electron chi connectivity index (χ1n) is 6.78. The zero-order valence-electron chi connectivity index (χ0n) is 10.8. The molecular formula is C14H24O2. The minimum absolute atomic E-state index is 0.227. The van der Waals surface area contributed by atoms with Gasteiger partial charge in [-0.2, -0.15) is 0 Å². The Hall–Kier alpha value is -0.0800. The Labute approximate surface area is 98.7 Å². The molecule has 2 atom stereocenters. The lowest BCUT2D eigenvalue weighted by Crippen LogP contribution is -2.51. The van der Waals surface area contributed by atoms with Gasteiger partial charge in [-0.1, -0.05) is 27.2 Å². The van der Waals surface area contributed by atoms with Crippen LogP contribution in [0.1, 0.15) is 52.9 Å². The van der Waals surface area contributed by atoms with Crippen LogP contribution in [-0.4, -0.2) is 19.0 Å². The van der Waals surface area contributed by atoms with Crippen molar-refractivity contribution in [3.63, 3.8) is 0 Å². The lowest BCUT2D eigenvalue weighted by atomic mass is 9.57. The van der Waals surface area contributed by atoms with Crippen molar-refractivity contribution >= 4 is 0 Å². The summed E-state index contributed by atoms with van der Waals surface area (Å²) in [6.45, 7) is 8.87. The second kappa shape index (κ2) is 3.23. The van der Waals surface area contributed by atoms with Crippen molar-refractivity contribution in [3.05, 3.63) is 0 Å². The van der Waals surface area contributed by atoms with Gasteiger partial charge in [-0.05, 0) is 30.6 Å². The molecule has 0 aromatic carbocycles. The molecule has 1 heterocycles. The van der Waals surface area contributed by atoms with Crippen molar-refractivity contribution < 1.29 is 9.47 Å².